The molecule has 0 saturated carbocycles. The third-order valence-corrected chi connectivity index (χ3v) is 10.7. The first-order chi connectivity index (χ1) is 15.7. The van der Waals surface area contributed by atoms with Crippen molar-refractivity contribution in [3.63, 3.8) is 0 Å². The highest BCUT2D eigenvalue weighted by molar-refractivity contribution is 7.91. The van der Waals surface area contributed by atoms with Crippen LogP contribution >= 0.6 is 22.7 Å². The van der Waals surface area contributed by atoms with Gasteiger partial charge in [-0.3, -0.25) is 9.69 Å². The van der Waals surface area contributed by atoms with Crippen molar-refractivity contribution in [1.29, 1.82) is 0 Å². The van der Waals surface area contributed by atoms with Crippen LogP contribution in [0.5, 0.6) is 0 Å². The largest absolute Gasteiger partial charge is 0.465 e. The van der Waals surface area contributed by atoms with Gasteiger partial charge in [-0.1, -0.05) is 6.07 Å². The molecule has 180 valence electrons. The Kier molecular flexibility index (Phi) is 7.25. The smallest absolute Gasteiger partial charge is 0.341 e. The molecule has 1 N–H and O–H groups in total. The monoisotopic (exact) mass is 511 g/mol. The van der Waals surface area contributed by atoms with Crippen molar-refractivity contribution in [1.82, 2.24) is 9.21 Å². The number of methoxy groups -OCH3 is 1. The average Bonchev–Trinajstić information content (AvgIpc) is 3.46. The Morgan fingerprint density at radius 1 is 1.27 bits per heavy atom. The van der Waals surface area contributed by atoms with E-state index in [0.29, 0.717) is 36.0 Å². The molecule has 1 atom stereocenters. The molecule has 2 aliphatic heterocycles. The van der Waals surface area contributed by atoms with Crippen molar-refractivity contribution < 1.29 is 22.7 Å². The summed E-state index contributed by atoms with van der Waals surface area (Å²) >= 11 is 2.60. The van der Waals surface area contributed by atoms with E-state index in [9.17, 15) is 18.0 Å². The molecule has 1 fully saturated rings. The Hall–Kier alpha value is -1.79. The molecule has 2 aromatic rings. The second-order valence-corrected chi connectivity index (χ2v) is 12.9. The topological polar surface area (TPSA) is 96.0 Å². The van der Waals surface area contributed by atoms with E-state index in [0.717, 1.165) is 30.0 Å². The number of sulfonamides is 1. The van der Waals surface area contributed by atoms with Gasteiger partial charge in [0.15, 0.2) is 0 Å². The van der Waals surface area contributed by atoms with Crippen molar-refractivity contribution in [2.45, 2.75) is 49.9 Å². The van der Waals surface area contributed by atoms with Gasteiger partial charge >= 0.3 is 5.97 Å². The number of hydrogen-bond donors (Lipinski definition) is 1. The summed E-state index contributed by atoms with van der Waals surface area (Å²) in [6, 6.07) is 3.68. The molecule has 33 heavy (non-hydrogen) atoms. The quantitative estimate of drug-likeness (QED) is 0.597. The van der Waals surface area contributed by atoms with Gasteiger partial charge in [-0.05, 0) is 50.1 Å². The van der Waals surface area contributed by atoms with E-state index in [-0.39, 0.29) is 16.7 Å². The Morgan fingerprint density at radius 2 is 2.06 bits per heavy atom. The summed E-state index contributed by atoms with van der Waals surface area (Å²) in [5.74, 6) is -1.19. The number of nitrogens with zero attached hydrogens (tertiary/aromatic N) is 2. The second-order valence-electron chi connectivity index (χ2n) is 8.64. The molecule has 8 nitrogen and oxygen atoms in total. The van der Waals surface area contributed by atoms with Gasteiger partial charge in [0.1, 0.15) is 9.21 Å². The first kappa shape index (κ1) is 24.3. The van der Waals surface area contributed by atoms with E-state index in [1.165, 1.54) is 34.1 Å². The minimum atomic E-state index is -3.61. The zero-order valence-electron chi connectivity index (χ0n) is 19.0. The summed E-state index contributed by atoms with van der Waals surface area (Å²) in [5.41, 5.74) is 1.39. The van der Waals surface area contributed by atoms with Gasteiger partial charge in [0.25, 0.3) is 10.0 Å². The maximum Gasteiger partial charge on any atom is 0.341 e. The Morgan fingerprint density at radius 3 is 2.73 bits per heavy atom. The molecule has 1 saturated heterocycles. The number of anilines is 1. The molecule has 0 spiro atoms. The molecule has 2 aromatic heterocycles. The van der Waals surface area contributed by atoms with E-state index < -0.39 is 21.9 Å². The number of hydrogen-bond acceptors (Lipinski definition) is 8. The lowest BCUT2D eigenvalue weighted by molar-refractivity contribution is -0.120. The fraction of sp³-hybridized carbons (Fsp3) is 0.545. The van der Waals surface area contributed by atoms with E-state index in [4.69, 9.17) is 4.74 Å². The standard InChI is InChI=1S/C22H29N3O5S3/c1-14(2)24-10-8-16-17(13-24)32-21(19(16)22(27)30-3)23-20(26)15-6-4-9-25(12-15)33(28,29)18-7-5-11-31-18/h5,7,11,14-15H,4,6,8-10,12-13H2,1-3H3,(H,23,26). The first-order valence-electron chi connectivity index (χ1n) is 11.0. The van der Waals surface area contributed by atoms with Gasteiger partial charge in [0, 0.05) is 37.1 Å². The predicted octanol–water partition coefficient (Wildman–Crippen LogP) is 3.40. The first-order valence-corrected chi connectivity index (χ1v) is 14.2. The molecular formula is C22H29N3O5S3. The molecule has 0 radical (unpaired) electrons. The number of carbonyl (C=O) groups excluding carboxylic acids is 2. The highest BCUT2D eigenvalue weighted by Gasteiger charge is 2.35. The lowest BCUT2D eigenvalue weighted by Crippen LogP contribution is -2.43. The van der Waals surface area contributed by atoms with Gasteiger partial charge in [-0.25, -0.2) is 13.2 Å². The molecule has 1 amide bonds. The summed E-state index contributed by atoms with van der Waals surface area (Å²) in [4.78, 5) is 29.2. The van der Waals surface area contributed by atoms with Gasteiger partial charge in [-0.2, -0.15) is 4.31 Å². The van der Waals surface area contributed by atoms with Gasteiger partial charge < -0.3 is 10.1 Å². The summed E-state index contributed by atoms with van der Waals surface area (Å²) in [5, 5.41) is 5.18. The lowest BCUT2D eigenvalue weighted by atomic mass is 9.98. The van der Waals surface area contributed by atoms with Crippen LogP contribution < -0.4 is 5.32 Å². The van der Waals surface area contributed by atoms with Crippen LogP contribution in [0, 0.1) is 5.92 Å². The van der Waals surface area contributed by atoms with Crippen molar-refractivity contribution in [2.75, 3.05) is 32.1 Å². The van der Waals surface area contributed by atoms with E-state index >= 15 is 0 Å². The zero-order chi connectivity index (χ0) is 23.8. The minimum absolute atomic E-state index is 0.131. The normalized spacial score (nSPS) is 19.9. The number of esters is 1. The number of nitrogens with one attached hydrogen (secondary N) is 1. The Balaban J connectivity index is 1.54. The van der Waals surface area contributed by atoms with Gasteiger partial charge in [-0.15, -0.1) is 22.7 Å². The number of thiophene rings is 2. The van der Waals surface area contributed by atoms with Crippen LogP contribution in [0.2, 0.25) is 0 Å². The number of fused-ring (bicyclic) bond motifs is 1. The number of rotatable bonds is 6. The number of ether oxygens (including phenoxy) is 1. The van der Waals surface area contributed by atoms with Crippen LogP contribution in [0.25, 0.3) is 0 Å². The molecule has 0 aliphatic carbocycles. The molecule has 11 heteroatoms. The highest BCUT2D eigenvalue weighted by atomic mass is 32.2. The van der Waals surface area contributed by atoms with Crippen LogP contribution in [0.4, 0.5) is 5.00 Å². The van der Waals surface area contributed by atoms with Crippen molar-refractivity contribution in [3.8, 4) is 0 Å². The molecule has 0 aromatic carbocycles. The molecule has 2 aliphatic rings. The van der Waals surface area contributed by atoms with Crippen LogP contribution in [0.1, 0.15) is 47.5 Å². The summed E-state index contributed by atoms with van der Waals surface area (Å²) in [6.07, 6.45) is 1.93. The number of carbonyl (C=O) groups is 2. The third kappa shape index (κ3) is 4.88. The Bertz CT molecular complexity index is 1120. The van der Waals surface area contributed by atoms with E-state index in [2.05, 4.69) is 24.1 Å². The Labute approximate surface area is 202 Å². The maximum atomic E-state index is 13.2. The van der Waals surface area contributed by atoms with Gasteiger partial charge in [0.2, 0.25) is 5.91 Å². The number of amides is 1. The third-order valence-electron chi connectivity index (χ3n) is 6.29. The maximum absolute atomic E-state index is 13.2. The predicted molar refractivity (Wildman–Crippen MR) is 129 cm³/mol. The van der Waals surface area contributed by atoms with Crippen LogP contribution in [0.3, 0.4) is 0 Å². The second kappa shape index (κ2) is 9.83. The molecule has 0 bridgehead atoms. The molecule has 4 rings (SSSR count). The van der Waals surface area contributed by atoms with Gasteiger partial charge in [0.05, 0.1) is 18.6 Å². The fourth-order valence-electron chi connectivity index (χ4n) is 4.40. The van der Waals surface area contributed by atoms with E-state index in [1.807, 2.05) is 0 Å². The minimum Gasteiger partial charge on any atom is -0.465 e. The van der Waals surface area contributed by atoms with E-state index in [1.54, 1.807) is 17.5 Å². The summed E-state index contributed by atoms with van der Waals surface area (Å²) in [7, 11) is -2.26. The average molecular weight is 512 g/mol. The van der Waals surface area contributed by atoms with Crippen molar-refractivity contribution >= 4 is 49.6 Å². The van der Waals surface area contributed by atoms with Crippen LogP contribution in [-0.2, 0) is 32.5 Å². The lowest BCUT2D eigenvalue weighted by Gasteiger charge is -2.30. The van der Waals surface area contributed by atoms with Crippen LogP contribution in [0.15, 0.2) is 21.7 Å². The fourth-order valence-corrected chi connectivity index (χ4v) is 8.33. The highest BCUT2D eigenvalue weighted by Crippen LogP contribution is 2.38. The SMILES string of the molecule is COC(=O)c1c(NC(=O)C2CCCN(S(=O)(=O)c3cccs3)C2)sc2c1CCN(C(C)C)C2. The van der Waals surface area contributed by atoms with Crippen molar-refractivity contribution in [3.05, 3.63) is 33.5 Å². The summed E-state index contributed by atoms with van der Waals surface area (Å²) in [6.45, 7) is 6.38. The molecular weight excluding hydrogens is 482 g/mol. The van der Waals surface area contributed by atoms with Crippen molar-refractivity contribution in [2.24, 2.45) is 5.92 Å². The zero-order valence-corrected chi connectivity index (χ0v) is 21.4. The number of piperidine rings is 1. The molecule has 1 unspecified atom stereocenters. The molecule has 4 heterocycles. The summed E-state index contributed by atoms with van der Waals surface area (Å²) < 4.78 is 32.5. The van der Waals surface area contributed by atoms with Crippen LogP contribution in [-0.4, -0.2) is 62.3 Å².